The Morgan fingerprint density at radius 1 is 1.08 bits per heavy atom. The summed E-state index contributed by atoms with van der Waals surface area (Å²) in [4.78, 5) is 29.7. The average Bonchev–Trinajstić information content (AvgIpc) is 3.32. The Balaban J connectivity index is 2.00. The van der Waals surface area contributed by atoms with Crippen LogP contribution in [0.2, 0.25) is 0 Å². The summed E-state index contributed by atoms with van der Waals surface area (Å²) in [7, 11) is 1.60. The van der Waals surface area contributed by atoms with E-state index in [1.807, 2.05) is 32.6 Å². The van der Waals surface area contributed by atoms with E-state index in [4.69, 9.17) is 9.47 Å². The Hall–Kier alpha value is -3.00. The Bertz CT molecular complexity index is 1090. The maximum atomic E-state index is 15.1. The fourth-order valence-electron chi connectivity index (χ4n) is 4.62. The number of rotatable bonds is 11. The molecule has 2 atom stereocenters. The highest BCUT2D eigenvalue weighted by atomic mass is 19.1. The number of benzene rings is 2. The molecule has 0 saturated carbocycles. The molecule has 1 saturated heterocycles. The van der Waals surface area contributed by atoms with Crippen LogP contribution in [0.3, 0.4) is 0 Å². The first-order valence-electron chi connectivity index (χ1n) is 13.0. The van der Waals surface area contributed by atoms with Crippen molar-refractivity contribution in [3.8, 4) is 16.9 Å². The molecule has 8 heteroatoms. The van der Waals surface area contributed by atoms with Crippen molar-refractivity contribution in [2.45, 2.75) is 65.2 Å². The van der Waals surface area contributed by atoms with Crippen molar-refractivity contribution in [3.05, 3.63) is 53.3 Å². The minimum atomic E-state index is -1.04. The van der Waals surface area contributed by atoms with Crippen LogP contribution in [-0.2, 0) is 4.74 Å². The van der Waals surface area contributed by atoms with Gasteiger partial charge in [-0.25, -0.2) is 8.78 Å². The van der Waals surface area contributed by atoms with Gasteiger partial charge in [-0.1, -0.05) is 6.92 Å². The smallest absolute Gasteiger partial charge is 0.254 e. The number of hydrogen-bond acceptors (Lipinski definition) is 4. The van der Waals surface area contributed by atoms with Gasteiger partial charge in [-0.2, -0.15) is 0 Å². The van der Waals surface area contributed by atoms with Gasteiger partial charge in [0.05, 0.1) is 13.2 Å². The van der Waals surface area contributed by atoms with Crippen LogP contribution in [-0.4, -0.2) is 73.3 Å². The van der Waals surface area contributed by atoms with Crippen LogP contribution in [0.25, 0.3) is 11.1 Å². The summed E-state index contributed by atoms with van der Waals surface area (Å²) in [6, 6.07) is 9.15. The van der Waals surface area contributed by atoms with Crippen LogP contribution in [0, 0.1) is 5.82 Å². The zero-order chi connectivity index (χ0) is 27.1. The molecule has 1 aliphatic heterocycles. The number of halogens is 2. The third kappa shape index (κ3) is 6.86. The minimum absolute atomic E-state index is 0.00263. The summed E-state index contributed by atoms with van der Waals surface area (Å²) in [6.45, 7) is 9.18. The highest BCUT2D eigenvalue weighted by Gasteiger charge is 2.28. The lowest BCUT2D eigenvalue weighted by atomic mass is 9.98. The molecule has 0 radical (unpaired) electrons. The molecular weight excluding hydrogens is 478 g/mol. The maximum absolute atomic E-state index is 15.1. The molecule has 1 fully saturated rings. The number of carbonyl (C=O) groups excluding carboxylic acids is 2. The lowest BCUT2D eigenvalue weighted by Crippen LogP contribution is -2.43. The topological polar surface area (TPSA) is 59.1 Å². The Labute approximate surface area is 218 Å². The van der Waals surface area contributed by atoms with Gasteiger partial charge in [0.25, 0.3) is 11.8 Å². The number of carbonyl (C=O) groups is 2. The molecule has 0 aromatic heterocycles. The summed E-state index contributed by atoms with van der Waals surface area (Å²) < 4.78 is 39.9. The lowest BCUT2D eigenvalue weighted by molar-refractivity contribution is 0.0621. The van der Waals surface area contributed by atoms with Crippen molar-refractivity contribution >= 4 is 11.8 Å². The van der Waals surface area contributed by atoms with Gasteiger partial charge in [0, 0.05) is 61.0 Å². The molecule has 2 aromatic rings. The zero-order valence-electron chi connectivity index (χ0n) is 22.4. The van der Waals surface area contributed by atoms with Gasteiger partial charge in [0.15, 0.2) is 0 Å². The number of ether oxygens (including phenoxy) is 2. The Kier molecular flexibility index (Phi) is 10.0. The van der Waals surface area contributed by atoms with E-state index in [1.54, 1.807) is 25.3 Å². The SMILES string of the molecule is CC[C@@H](C)N(C(=O)c1ccc(-c2cc(C(=O)N3CCC(F)C3)ccc2F)c(OCCCOC)c1)C(C)C. The van der Waals surface area contributed by atoms with E-state index < -0.39 is 12.0 Å². The zero-order valence-corrected chi connectivity index (χ0v) is 22.4. The summed E-state index contributed by atoms with van der Waals surface area (Å²) >= 11 is 0. The van der Waals surface area contributed by atoms with Crippen LogP contribution in [0.4, 0.5) is 8.78 Å². The first-order valence-corrected chi connectivity index (χ1v) is 13.0. The van der Waals surface area contributed by atoms with Gasteiger partial charge >= 0.3 is 0 Å². The van der Waals surface area contributed by atoms with Gasteiger partial charge in [0.2, 0.25) is 0 Å². The number of alkyl halides is 1. The van der Waals surface area contributed by atoms with Crippen molar-refractivity contribution in [1.82, 2.24) is 9.80 Å². The predicted octanol–water partition coefficient (Wildman–Crippen LogP) is 5.74. The fourth-order valence-corrected chi connectivity index (χ4v) is 4.62. The monoisotopic (exact) mass is 516 g/mol. The molecule has 0 bridgehead atoms. The number of amides is 2. The van der Waals surface area contributed by atoms with Crippen LogP contribution in [0.15, 0.2) is 36.4 Å². The quantitative estimate of drug-likeness (QED) is 0.358. The van der Waals surface area contributed by atoms with Crippen LogP contribution >= 0.6 is 0 Å². The second kappa shape index (κ2) is 13.0. The molecule has 2 amide bonds. The molecule has 1 heterocycles. The van der Waals surface area contributed by atoms with E-state index in [0.29, 0.717) is 49.5 Å². The summed E-state index contributed by atoms with van der Waals surface area (Å²) in [5.74, 6) is -0.636. The van der Waals surface area contributed by atoms with Gasteiger partial charge in [-0.05, 0) is 70.0 Å². The molecule has 37 heavy (non-hydrogen) atoms. The Morgan fingerprint density at radius 3 is 2.43 bits per heavy atom. The van der Waals surface area contributed by atoms with Crippen LogP contribution < -0.4 is 4.74 Å². The van der Waals surface area contributed by atoms with Crippen LogP contribution in [0.5, 0.6) is 5.75 Å². The van der Waals surface area contributed by atoms with Crippen molar-refractivity contribution in [1.29, 1.82) is 0 Å². The van der Waals surface area contributed by atoms with Crippen molar-refractivity contribution in [2.24, 2.45) is 0 Å². The van der Waals surface area contributed by atoms with E-state index in [1.165, 1.54) is 23.1 Å². The first kappa shape index (κ1) is 28.6. The molecule has 1 unspecified atom stereocenters. The lowest BCUT2D eigenvalue weighted by Gasteiger charge is -2.32. The molecular formula is C29H38F2N2O4. The molecule has 1 aliphatic rings. The van der Waals surface area contributed by atoms with Gasteiger partial charge in [0.1, 0.15) is 17.7 Å². The summed E-state index contributed by atoms with van der Waals surface area (Å²) in [6.07, 6.45) is 0.689. The molecule has 3 rings (SSSR count). The average molecular weight is 517 g/mol. The highest BCUT2D eigenvalue weighted by molar-refractivity contribution is 5.97. The van der Waals surface area contributed by atoms with Gasteiger partial charge in [-0.3, -0.25) is 9.59 Å². The highest BCUT2D eigenvalue weighted by Crippen LogP contribution is 2.35. The van der Waals surface area contributed by atoms with Gasteiger partial charge in [-0.15, -0.1) is 0 Å². The molecule has 2 aromatic carbocycles. The molecule has 6 nitrogen and oxygen atoms in total. The first-order chi connectivity index (χ1) is 17.7. The third-order valence-corrected chi connectivity index (χ3v) is 6.76. The van der Waals surface area contributed by atoms with Crippen molar-refractivity contribution in [3.63, 3.8) is 0 Å². The standard InChI is InChI=1S/C29H38F2N2O4/c1-6-20(4)33(19(2)3)29(35)22-8-10-24(27(17-22)37-15-7-14-36-5)25-16-21(9-11-26(25)31)28(34)32-13-12-23(30)18-32/h8-11,16-17,19-20,23H,6-7,12-15,18H2,1-5H3/t20-,23?/m1/s1. The van der Waals surface area contributed by atoms with E-state index in [9.17, 15) is 14.0 Å². The molecule has 0 aliphatic carbocycles. The molecule has 0 spiro atoms. The van der Waals surface area contributed by atoms with E-state index in [0.717, 1.165) is 6.42 Å². The van der Waals surface area contributed by atoms with Gasteiger partial charge < -0.3 is 19.3 Å². The molecule has 202 valence electrons. The Morgan fingerprint density at radius 2 is 1.81 bits per heavy atom. The fraction of sp³-hybridized carbons (Fsp3) is 0.517. The van der Waals surface area contributed by atoms with Crippen molar-refractivity contribution in [2.75, 3.05) is 33.4 Å². The predicted molar refractivity (Wildman–Crippen MR) is 140 cm³/mol. The number of likely N-dealkylation sites (tertiary alicyclic amines) is 1. The van der Waals surface area contributed by atoms with E-state index in [2.05, 4.69) is 0 Å². The van der Waals surface area contributed by atoms with Crippen LogP contribution in [0.1, 0.15) is 67.7 Å². The van der Waals surface area contributed by atoms with E-state index in [-0.39, 0.29) is 41.6 Å². The number of methoxy groups -OCH3 is 1. The normalized spacial score (nSPS) is 16.2. The van der Waals surface area contributed by atoms with E-state index >= 15 is 4.39 Å². The summed E-state index contributed by atoms with van der Waals surface area (Å²) in [5, 5.41) is 0. The molecule has 0 N–H and O–H groups in total. The third-order valence-electron chi connectivity index (χ3n) is 6.76. The number of hydrogen-bond donors (Lipinski definition) is 0. The van der Waals surface area contributed by atoms with Crippen molar-refractivity contribution < 1.29 is 27.8 Å². The number of nitrogens with zero attached hydrogens (tertiary/aromatic N) is 2. The summed E-state index contributed by atoms with van der Waals surface area (Å²) in [5.41, 5.74) is 1.34. The largest absolute Gasteiger partial charge is 0.493 e. The second-order valence-electron chi connectivity index (χ2n) is 9.80. The second-order valence-corrected chi connectivity index (χ2v) is 9.80. The minimum Gasteiger partial charge on any atom is -0.493 e. The maximum Gasteiger partial charge on any atom is 0.254 e.